The normalized spacial score (nSPS) is 11.7. The van der Waals surface area contributed by atoms with Crippen LogP contribution < -0.4 is 0 Å². The van der Waals surface area contributed by atoms with Gasteiger partial charge in [0.15, 0.2) is 0 Å². The molecule has 0 aliphatic carbocycles. The van der Waals surface area contributed by atoms with Gasteiger partial charge in [0.05, 0.1) is 0 Å². The second kappa shape index (κ2) is 7.00. The zero-order valence-electron chi connectivity index (χ0n) is 11.8. The van der Waals surface area contributed by atoms with E-state index in [2.05, 4.69) is 39.0 Å². The van der Waals surface area contributed by atoms with E-state index >= 15 is 0 Å². The Morgan fingerprint density at radius 3 is 2.39 bits per heavy atom. The Morgan fingerprint density at radius 1 is 1.28 bits per heavy atom. The van der Waals surface area contributed by atoms with E-state index in [9.17, 15) is 4.79 Å². The molecule has 0 aliphatic heterocycles. The molecular formula is C16H23NO. The van der Waals surface area contributed by atoms with Gasteiger partial charge in [-0.25, -0.2) is 0 Å². The number of benzene rings is 1. The summed E-state index contributed by atoms with van der Waals surface area (Å²) < 4.78 is 0. The number of rotatable bonds is 5. The van der Waals surface area contributed by atoms with Crippen LogP contribution in [0.5, 0.6) is 0 Å². The van der Waals surface area contributed by atoms with Crippen LogP contribution in [0, 0.1) is 0 Å². The van der Waals surface area contributed by atoms with Gasteiger partial charge in [-0.1, -0.05) is 43.3 Å². The van der Waals surface area contributed by atoms with E-state index in [0.717, 1.165) is 0 Å². The van der Waals surface area contributed by atoms with Gasteiger partial charge in [-0.15, -0.1) is 0 Å². The number of amides is 1. The first-order valence-corrected chi connectivity index (χ1v) is 6.58. The highest BCUT2D eigenvalue weighted by atomic mass is 16.2. The summed E-state index contributed by atoms with van der Waals surface area (Å²) in [5.41, 5.74) is 2.43. The first-order chi connectivity index (χ1) is 8.56. The number of carbonyl (C=O) groups is 1. The van der Waals surface area contributed by atoms with Crippen LogP contribution in [0.1, 0.15) is 39.7 Å². The molecular weight excluding hydrogens is 222 g/mol. The quantitative estimate of drug-likeness (QED) is 0.774. The Labute approximate surface area is 110 Å². The van der Waals surface area contributed by atoms with Gasteiger partial charge in [-0.3, -0.25) is 4.79 Å². The molecule has 18 heavy (non-hydrogen) atoms. The Morgan fingerprint density at radius 2 is 1.89 bits per heavy atom. The van der Waals surface area contributed by atoms with E-state index in [4.69, 9.17) is 0 Å². The molecule has 0 fully saturated rings. The lowest BCUT2D eigenvalue weighted by Gasteiger charge is -2.25. The van der Waals surface area contributed by atoms with Crippen molar-refractivity contribution < 1.29 is 4.79 Å². The number of hydrogen-bond donors (Lipinski definition) is 0. The van der Waals surface area contributed by atoms with Crippen molar-refractivity contribution in [3.05, 3.63) is 42.0 Å². The summed E-state index contributed by atoms with van der Waals surface area (Å²) in [7, 11) is 0. The average Bonchev–Trinajstić information content (AvgIpc) is 2.39. The van der Waals surface area contributed by atoms with Gasteiger partial charge in [0.1, 0.15) is 0 Å². The summed E-state index contributed by atoms with van der Waals surface area (Å²) in [6.07, 6.45) is 2.69. The van der Waals surface area contributed by atoms with Crippen molar-refractivity contribution in [3.63, 3.8) is 0 Å². The highest BCUT2D eigenvalue weighted by Crippen LogP contribution is 2.13. The SMILES string of the molecule is CCC(=O)N(CC=C(C)c1ccccc1)C(C)C. The van der Waals surface area contributed by atoms with E-state index < -0.39 is 0 Å². The van der Waals surface area contributed by atoms with E-state index in [-0.39, 0.29) is 11.9 Å². The summed E-state index contributed by atoms with van der Waals surface area (Å²) in [5.74, 6) is 0.210. The van der Waals surface area contributed by atoms with Crippen molar-refractivity contribution in [2.24, 2.45) is 0 Å². The van der Waals surface area contributed by atoms with E-state index in [1.54, 1.807) is 0 Å². The second-order valence-electron chi connectivity index (χ2n) is 4.75. The lowest BCUT2D eigenvalue weighted by atomic mass is 10.1. The number of hydrogen-bond acceptors (Lipinski definition) is 1. The highest BCUT2D eigenvalue weighted by Gasteiger charge is 2.13. The van der Waals surface area contributed by atoms with Gasteiger partial charge in [-0.2, -0.15) is 0 Å². The lowest BCUT2D eigenvalue weighted by Crippen LogP contribution is -2.36. The third-order valence-corrected chi connectivity index (χ3v) is 3.07. The molecule has 98 valence electrons. The van der Waals surface area contributed by atoms with E-state index in [1.807, 2.05) is 30.0 Å². The zero-order chi connectivity index (χ0) is 13.5. The van der Waals surface area contributed by atoms with Gasteiger partial charge in [-0.05, 0) is 31.9 Å². The van der Waals surface area contributed by atoms with Gasteiger partial charge < -0.3 is 4.90 Å². The average molecular weight is 245 g/mol. The molecule has 0 N–H and O–H groups in total. The maximum atomic E-state index is 11.8. The minimum atomic E-state index is 0.210. The standard InChI is InChI=1S/C16H23NO/c1-5-16(18)17(13(2)3)12-11-14(4)15-9-7-6-8-10-15/h6-11,13H,5,12H2,1-4H3. The molecule has 0 saturated heterocycles. The minimum Gasteiger partial charge on any atom is -0.337 e. The highest BCUT2D eigenvalue weighted by molar-refractivity contribution is 5.76. The van der Waals surface area contributed by atoms with E-state index in [0.29, 0.717) is 13.0 Å². The third-order valence-electron chi connectivity index (χ3n) is 3.07. The molecule has 0 saturated carbocycles. The van der Waals surface area contributed by atoms with Crippen LogP contribution in [0.15, 0.2) is 36.4 Å². The first kappa shape index (κ1) is 14.5. The second-order valence-corrected chi connectivity index (χ2v) is 4.75. The molecule has 1 rings (SSSR count). The first-order valence-electron chi connectivity index (χ1n) is 6.58. The van der Waals surface area contributed by atoms with Crippen LogP contribution in [0.4, 0.5) is 0 Å². The maximum Gasteiger partial charge on any atom is 0.222 e. The number of carbonyl (C=O) groups excluding carboxylic acids is 1. The van der Waals surface area contributed by atoms with Gasteiger partial charge in [0, 0.05) is 19.0 Å². The van der Waals surface area contributed by atoms with Crippen LogP contribution in [0.2, 0.25) is 0 Å². The molecule has 0 atom stereocenters. The Hall–Kier alpha value is -1.57. The van der Waals surface area contributed by atoms with Gasteiger partial charge >= 0.3 is 0 Å². The molecule has 1 amide bonds. The molecule has 0 unspecified atom stereocenters. The monoisotopic (exact) mass is 245 g/mol. The van der Waals surface area contributed by atoms with E-state index in [1.165, 1.54) is 11.1 Å². The smallest absolute Gasteiger partial charge is 0.222 e. The molecule has 1 aromatic carbocycles. The largest absolute Gasteiger partial charge is 0.337 e. The fraction of sp³-hybridized carbons (Fsp3) is 0.438. The Balaban J connectivity index is 2.75. The topological polar surface area (TPSA) is 20.3 Å². The van der Waals surface area contributed by atoms with Crippen LogP contribution in [0.3, 0.4) is 0 Å². The number of allylic oxidation sites excluding steroid dienone is 1. The molecule has 0 bridgehead atoms. The number of nitrogens with zero attached hydrogens (tertiary/aromatic N) is 1. The third kappa shape index (κ3) is 4.02. The summed E-state index contributed by atoms with van der Waals surface area (Å²) in [6.45, 7) is 8.79. The fourth-order valence-electron chi connectivity index (χ4n) is 1.86. The van der Waals surface area contributed by atoms with Crippen molar-refractivity contribution >= 4 is 11.5 Å². The van der Waals surface area contributed by atoms with Gasteiger partial charge in [0.25, 0.3) is 0 Å². The predicted octanol–water partition coefficient (Wildman–Crippen LogP) is 3.74. The molecule has 0 aliphatic rings. The Kier molecular flexibility index (Phi) is 5.63. The Bertz CT molecular complexity index is 406. The zero-order valence-corrected chi connectivity index (χ0v) is 11.8. The molecule has 2 nitrogen and oxygen atoms in total. The predicted molar refractivity (Wildman–Crippen MR) is 77.2 cm³/mol. The van der Waals surface area contributed by atoms with Crippen LogP contribution >= 0.6 is 0 Å². The molecule has 0 heterocycles. The van der Waals surface area contributed by atoms with Crippen LogP contribution in [-0.4, -0.2) is 23.4 Å². The summed E-state index contributed by atoms with van der Waals surface area (Å²) in [5, 5.41) is 0. The minimum absolute atomic E-state index is 0.210. The molecule has 2 heteroatoms. The van der Waals surface area contributed by atoms with Crippen LogP contribution in [0.25, 0.3) is 5.57 Å². The fourth-order valence-corrected chi connectivity index (χ4v) is 1.86. The molecule has 0 aromatic heterocycles. The summed E-state index contributed by atoms with van der Waals surface area (Å²) >= 11 is 0. The van der Waals surface area contributed by atoms with Crippen molar-refractivity contribution in [2.45, 2.75) is 40.2 Å². The van der Waals surface area contributed by atoms with Crippen LogP contribution in [-0.2, 0) is 4.79 Å². The maximum absolute atomic E-state index is 11.8. The summed E-state index contributed by atoms with van der Waals surface area (Å²) in [6, 6.07) is 10.5. The van der Waals surface area contributed by atoms with Crippen molar-refractivity contribution in [1.29, 1.82) is 0 Å². The van der Waals surface area contributed by atoms with Crippen molar-refractivity contribution in [3.8, 4) is 0 Å². The molecule has 0 spiro atoms. The summed E-state index contributed by atoms with van der Waals surface area (Å²) in [4.78, 5) is 13.7. The van der Waals surface area contributed by atoms with Crippen molar-refractivity contribution in [1.82, 2.24) is 4.90 Å². The molecule has 1 aromatic rings. The lowest BCUT2D eigenvalue weighted by molar-refractivity contribution is -0.131. The van der Waals surface area contributed by atoms with Crippen molar-refractivity contribution in [2.75, 3.05) is 6.54 Å². The molecule has 0 radical (unpaired) electrons. The van der Waals surface area contributed by atoms with Gasteiger partial charge in [0.2, 0.25) is 5.91 Å².